The number of rotatable bonds is 5. The van der Waals surface area contributed by atoms with E-state index >= 15 is 0 Å². The minimum atomic E-state index is -1.14. The molecule has 0 fully saturated rings. The fourth-order valence-electron chi connectivity index (χ4n) is 2.86. The van der Waals surface area contributed by atoms with Crippen LogP contribution in [-0.4, -0.2) is 26.8 Å². The first kappa shape index (κ1) is 20.2. The Morgan fingerprint density at radius 2 is 1.80 bits per heavy atom. The smallest absolute Gasteiger partial charge is 0.335 e. The standard InChI is InChI=1S/C21H13Cl2N3O3S/c22-13-8-12(21(28)29)9-14(10-13)24-20(27)16-11-26(15-4-2-1-3-5-15)25-19(16)17-6-7-18(23)30-17/h1-11H,(H,24,27)(H,28,29). The first-order valence-electron chi connectivity index (χ1n) is 8.67. The van der Waals surface area contributed by atoms with E-state index in [2.05, 4.69) is 10.4 Å². The normalized spacial score (nSPS) is 10.7. The minimum Gasteiger partial charge on any atom is -0.478 e. The van der Waals surface area contributed by atoms with Gasteiger partial charge in [0, 0.05) is 16.9 Å². The Labute approximate surface area is 185 Å². The number of anilines is 1. The molecule has 0 aliphatic rings. The molecule has 0 aliphatic heterocycles. The number of carboxylic acid groups (broad SMARTS) is 1. The molecule has 0 saturated carbocycles. The summed E-state index contributed by atoms with van der Waals surface area (Å²) in [5, 5.41) is 16.7. The lowest BCUT2D eigenvalue weighted by Crippen LogP contribution is -2.13. The predicted molar refractivity (Wildman–Crippen MR) is 118 cm³/mol. The van der Waals surface area contributed by atoms with Crippen molar-refractivity contribution >= 4 is 52.1 Å². The minimum absolute atomic E-state index is 0.0250. The number of aromatic nitrogens is 2. The second-order valence-electron chi connectivity index (χ2n) is 6.26. The summed E-state index contributed by atoms with van der Waals surface area (Å²) in [6, 6.07) is 17.0. The molecular weight excluding hydrogens is 445 g/mol. The van der Waals surface area contributed by atoms with Crippen LogP contribution in [0.5, 0.6) is 0 Å². The Balaban J connectivity index is 1.74. The molecule has 2 N–H and O–H groups in total. The van der Waals surface area contributed by atoms with Crippen molar-refractivity contribution in [1.29, 1.82) is 0 Å². The van der Waals surface area contributed by atoms with Crippen LogP contribution in [0.25, 0.3) is 16.3 Å². The number of nitrogens with one attached hydrogen (secondary N) is 1. The van der Waals surface area contributed by atoms with Crippen molar-refractivity contribution in [2.75, 3.05) is 5.32 Å². The van der Waals surface area contributed by atoms with Crippen LogP contribution in [0.4, 0.5) is 5.69 Å². The lowest BCUT2D eigenvalue weighted by molar-refractivity contribution is 0.0696. The molecule has 0 spiro atoms. The van der Waals surface area contributed by atoms with E-state index in [9.17, 15) is 14.7 Å². The summed E-state index contributed by atoms with van der Waals surface area (Å²) < 4.78 is 2.19. The Morgan fingerprint density at radius 1 is 1.03 bits per heavy atom. The lowest BCUT2D eigenvalue weighted by Gasteiger charge is -2.07. The maximum atomic E-state index is 13.1. The number of carbonyl (C=O) groups is 2. The summed E-state index contributed by atoms with van der Waals surface area (Å²) in [5.74, 6) is -1.59. The van der Waals surface area contributed by atoms with Crippen LogP contribution >= 0.6 is 34.5 Å². The first-order chi connectivity index (χ1) is 14.4. The van der Waals surface area contributed by atoms with E-state index in [-0.39, 0.29) is 16.3 Å². The number of hydrogen-bond donors (Lipinski definition) is 2. The number of halogens is 2. The number of benzene rings is 2. The SMILES string of the molecule is O=C(O)c1cc(Cl)cc(NC(=O)c2cn(-c3ccccc3)nc2-c2ccc(Cl)s2)c1. The fraction of sp³-hybridized carbons (Fsp3) is 0. The lowest BCUT2D eigenvalue weighted by atomic mass is 10.1. The molecule has 2 heterocycles. The van der Waals surface area contributed by atoms with Gasteiger partial charge in [-0.15, -0.1) is 11.3 Å². The molecule has 2 aromatic heterocycles. The van der Waals surface area contributed by atoms with E-state index in [1.807, 2.05) is 30.3 Å². The molecule has 0 atom stereocenters. The quantitative estimate of drug-likeness (QED) is 0.393. The molecule has 30 heavy (non-hydrogen) atoms. The van der Waals surface area contributed by atoms with Crippen LogP contribution in [0.15, 0.2) is 66.9 Å². The van der Waals surface area contributed by atoms with Gasteiger partial charge in [0.2, 0.25) is 0 Å². The number of thiophene rings is 1. The van der Waals surface area contributed by atoms with Crippen molar-refractivity contribution in [1.82, 2.24) is 9.78 Å². The number of nitrogens with zero attached hydrogens (tertiary/aromatic N) is 2. The average molecular weight is 458 g/mol. The van der Waals surface area contributed by atoms with Gasteiger partial charge in [0.1, 0.15) is 5.69 Å². The maximum absolute atomic E-state index is 13.1. The molecule has 1 amide bonds. The van der Waals surface area contributed by atoms with E-state index in [1.54, 1.807) is 23.0 Å². The zero-order valence-corrected chi connectivity index (χ0v) is 17.5. The molecule has 0 aliphatic carbocycles. The summed E-state index contributed by atoms with van der Waals surface area (Å²) >= 11 is 13.4. The van der Waals surface area contributed by atoms with E-state index in [4.69, 9.17) is 23.2 Å². The number of amides is 1. The molecule has 0 radical (unpaired) electrons. The molecule has 6 nitrogen and oxygen atoms in total. The number of para-hydroxylation sites is 1. The third-order valence-corrected chi connectivity index (χ3v) is 5.64. The van der Waals surface area contributed by atoms with Crippen LogP contribution in [-0.2, 0) is 0 Å². The molecule has 0 saturated heterocycles. The molecule has 2 aromatic carbocycles. The second-order valence-corrected chi connectivity index (χ2v) is 8.41. The molecule has 4 aromatic rings. The highest BCUT2D eigenvalue weighted by Crippen LogP contribution is 2.33. The Morgan fingerprint density at radius 3 is 2.47 bits per heavy atom. The van der Waals surface area contributed by atoms with Gasteiger partial charge < -0.3 is 10.4 Å². The zero-order chi connectivity index (χ0) is 21.3. The van der Waals surface area contributed by atoms with E-state index in [0.29, 0.717) is 15.6 Å². The highest BCUT2D eigenvalue weighted by molar-refractivity contribution is 7.19. The van der Waals surface area contributed by atoms with Gasteiger partial charge in [0.15, 0.2) is 0 Å². The van der Waals surface area contributed by atoms with Gasteiger partial charge in [0.05, 0.1) is 26.0 Å². The number of carboxylic acids is 1. The summed E-state index contributed by atoms with van der Waals surface area (Å²) in [5.41, 5.74) is 1.81. The predicted octanol–water partition coefficient (Wildman–Crippen LogP) is 5.86. The third kappa shape index (κ3) is 4.23. The van der Waals surface area contributed by atoms with E-state index in [1.165, 1.54) is 29.5 Å². The van der Waals surface area contributed by atoms with Crippen LogP contribution in [0.2, 0.25) is 9.36 Å². The first-order valence-corrected chi connectivity index (χ1v) is 10.2. The zero-order valence-electron chi connectivity index (χ0n) is 15.2. The van der Waals surface area contributed by atoms with Gasteiger partial charge in [-0.05, 0) is 42.5 Å². The molecular formula is C21H13Cl2N3O3S. The molecule has 0 bridgehead atoms. The Hall–Kier alpha value is -3.13. The van der Waals surface area contributed by atoms with Gasteiger partial charge in [-0.2, -0.15) is 5.10 Å². The largest absolute Gasteiger partial charge is 0.478 e. The van der Waals surface area contributed by atoms with Gasteiger partial charge >= 0.3 is 5.97 Å². The summed E-state index contributed by atoms with van der Waals surface area (Å²) in [7, 11) is 0. The number of hydrogen-bond acceptors (Lipinski definition) is 4. The van der Waals surface area contributed by atoms with E-state index < -0.39 is 11.9 Å². The Kier molecular flexibility index (Phi) is 5.59. The van der Waals surface area contributed by atoms with Crippen molar-refractivity contribution in [2.24, 2.45) is 0 Å². The summed E-state index contributed by atoms with van der Waals surface area (Å²) in [6.45, 7) is 0. The van der Waals surface area contributed by atoms with Crippen molar-refractivity contribution < 1.29 is 14.7 Å². The van der Waals surface area contributed by atoms with Crippen LogP contribution in [0.3, 0.4) is 0 Å². The van der Waals surface area contributed by atoms with E-state index in [0.717, 1.165) is 10.6 Å². The fourth-order valence-corrected chi connectivity index (χ4v) is 4.14. The summed E-state index contributed by atoms with van der Waals surface area (Å²) in [6.07, 6.45) is 1.62. The van der Waals surface area contributed by atoms with Crippen LogP contribution in [0.1, 0.15) is 20.7 Å². The highest BCUT2D eigenvalue weighted by Gasteiger charge is 2.21. The molecule has 150 valence electrons. The average Bonchev–Trinajstić information content (AvgIpc) is 3.34. The van der Waals surface area contributed by atoms with Crippen LogP contribution < -0.4 is 5.32 Å². The third-order valence-electron chi connectivity index (χ3n) is 4.19. The van der Waals surface area contributed by atoms with Gasteiger partial charge in [-0.1, -0.05) is 41.4 Å². The Bertz CT molecular complexity index is 1250. The van der Waals surface area contributed by atoms with Crippen LogP contribution in [0, 0.1) is 0 Å². The number of carbonyl (C=O) groups excluding carboxylic acids is 1. The maximum Gasteiger partial charge on any atom is 0.335 e. The number of aromatic carboxylic acids is 1. The molecule has 4 rings (SSSR count). The molecule has 9 heteroatoms. The second kappa shape index (κ2) is 8.31. The monoisotopic (exact) mass is 457 g/mol. The topological polar surface area (TPSA) is 84.2 Å². The van der Waals surface area contributed by atoms with Crippen molar-refractivity contribution in [3.63, 3.8) is 0 Å². The summed E-state index contributed by atoms with van der Waals surface area (Å²) in [4.78, 5) is 25.1. The van der Waals surface area contributed by atoms with Crippen molar-refractivity contribution in [2.45, 2.75) is 0 Å². The van der Waals surface area contributed by atoms with Crippen molar-refractivity contribution in [3.8, 4) is 16.3 Å². The highest BCUT2D eigenvalue weighted by atomic mass is 35.5. The molecule has 0 unspecified atom stereocenters. The van der Waals surface area contributed by atoms with Gasteiger partial charge in [-0.3, -0.25) is 4.79 Å². The van der Waals surface area contributed by atoms with Gasteiger partial charge in [0.25, 0.3) is 5.91 Å². The van der Waals surface area contributed by atoms with Crippen molar-refractivity contribution in [3.05, 3.63) is 87.3 Å². The van der Waals surface area contributed by atoms with Gasteiger partial charge in [-0.25, -0.2) is 9.48 Å².